The van der Waals surface area contributed by atoms with Gasteiger partial charge < -0.3 is 43.8 Å². The van der Waals surface area contributed by atoms with Gasteiger partial charge in [0.05, 0.1) is 26.4 Å². The summed E-state index contributed by atoms with van der Waals surface area (Å²) >= 11 is 0. The zero-order chi connectivity index (χ0) is 34.5. The van der Waals surface area contributed by atoms with Crippen LogP contribution in [0.4, 0.5) is 8.78 Å². The predicted molar refractivity (Wildman–Crippen MR) is 168 cm³/mol. The lowest BCUT2D eigenvalue weighted by molar-refractivity contribution is 0.0525. The maximum Gasteiger partial charge on any atom is 0.338 e. The average molecular weight is 662 g/mol. The van der Waals surface area contributed by atoms with E-state index < -0.39 is 40.9 Å². The van der Waals surface area contributed by atoms with Gasteiger partial charge >= 0.3 is 5.97 Å². The number of phenolic OH excluding ortho intramolecular Hbond substituents is 1. The van der Waals surface area contributed by atoms with Crippen molar-refractivity contribution in [2.75, 3.05) is 20.8 Å². The van der Waals surface area contributed by atoms with Crippen LogP contribution in [0.15, 0.2) is 67.0 Å². The summed E-state index contributed by atoms with van der Waals surface area (Å²) in [4.78, 5) is 20.6. The molecule has 13 nitrogen and oxygen atoms in total. The number of hydrogen-bond acceptors (Lipinski definition) is 11. The Labute approximate surface area is 272 Å². The number of imidazole rings is 1. The minimum atomic E-state index is -1.45. The van der Waals surface area contributed by atoms with Crippen LogP contribution in [0.1, 0.15) is 22.8 Å². The quantitative estimate of drug-likeness (QED) is 0.0776. The van der Waals surface area contributed by atoms with Crippen LogP contribution in [0.25, 0.3) is 11.4 Å². The molecular formula is C33H29F2N5O8. The standard InChI is InChI=1S/C33H29F2N5O8/c1-5-45-33(42)19-15-23(43-3)27(24(16-19)44-4)48-28-25(34)31(46-20-8-6-7-18(13-20)30-38-11-12-40(30)2)39-32(26(28)35)47-22-14-17(29(36)37)9-10-21(22)41/h6-16,41H,5H2,1-4H3,(H3,36,37). The third kappa shape index (κ3) is 6.74. The molecule has 0 radical (unpaired) electrons. The number of carbonyl (C=O) groups excluding carboxylic acids is 1. The van der Waals surface area contributed by atoms with E-state index in [4.69, 9.17) is 39.6 Å². The smallest absolute Gasteiger partial charge is 0.338 e. The van der Waals surface area contributed by atoms with Crippen LogP contribution >= 0.6 is 0 Å². The number of esters is 1. The second-order valence-electron chi connectivity index (χ2n) is 9.90. The van der Waals surface area contributed by atoms with Gasteiger partial charge in [-0.05, 0) is 49.4 Å². The van der Waals surface area contributed by atoms with Crippen LogP contribution in [-0.2, 0) is 11.8 Å². The number of benzene rings is 3. The lowest BCUT2D eigenvalue weighted by Gasteiger charge is -2.18. The van der Waals surface area contributed by atoms with Crippen LogP contribution in [-0.4, -0.2) is 52.3 Å². The van der Waals surface area contributed by atoms with E-state index in [0.29, 0.717) is 11.4 Å². The van der Waals surface area contributed by atoms with Gasteiger partial charge in [-0.2, -0.15) is 13.8 Å². The first-order valence-corrected chi connectivity index (χ1v) is 14.1. The fourth-order valence-corrected chi connectivity index (χ4v) is 4.44. The minimum Gasteiger partial charge on any atom is -0.504 e. The van der Waals surface area contributed by atoms with Gasteiger partial charge in [-0.15, -0.1) is 0 Å². The molecule has 0 aliphatic carbocycles. The third-order valence-electron chi connectivity index (χ3n) is 6.76. The summed E-state index contributed by atoms with van der Waals surface area (Å²) in [5.41, 5.74) is 6.35. The maximum atomic E-state index is 16.2. The van der Waals surface area contributed by atoms with Crippen molar-refractivity contribution < 1.29 is 47.1 Å². The third-order valence-corrected chi connectivity index (χ3v) is 6.76. The summed E-state index contributed by atoms with van der Waals surface area (Å²) < 4.78 is 67.0. The Kier molecular flexibility index (Phi) is 9.59. The Hall–Kier alpha value is -6.38. The van der Waals surface area contributed by atoms with Crippen molar-refractivity contribution in [2.24, 2.45) is 12.8 Å². The molecule has 0 bridgehead atoms. The van der Waals surface area contributed by atoms with Crippen LogP contribution < -0.4 is 29.4 Å². The highest BCUT2D eigenvalue weighted by Crippen LogP contribution is 2.46. The first-order valence-electron chi connectivity index (χ1n) is 14.1. The number of methoxy groups -OCH3 is 2. The Bertz CT molecular complexity index is 1990. The predicted octanol–water partition coefficient (Wildman–Crippen LogP) is 6.32. The Morgan fingerprint density at radius 2 is 1.58 bits per heavy atom. The molecule has 248 valence electrons. The molecule has 5 aromatic rings. The normalized spacial score (nSPS) is 10.7. The molecular weight excluding hydrogens is 632 g/mol. The van der Waals surface area contributed by atoms with E-state index in [1.807, 2.05) is 0 Å². The molecule has 0 saturated carbocycles. The molecule has 15 heteroatoms. The molecule has 2 heterocycles. The SMILES string of the molecule is CCOC(=O)c1cc(OC)c(Oc2c(F)c(Oc3cccc(-c4nccn4C)c3)nc(Oc3cc(C(=N)N)ccc3O)c2F)c(OC)c1. The number of aromatic hydroxyl groups is 1. The maximum absolute atomic E-state index is 16.2. The van der Waals surface area contributed by atoms with Crippen molar-refractivity contribution in [3.63, 3.8) is 0 Å². The molecule has 0 atom stereocenters. The van der Waals surface area contributed by atoms with E-state index in [9.17, 15) is 9.90 Å². The number of nitrogens with zero attached hydrogens (tertiary/aromatic N) is 3. The van der Waals surface area contributed by atoms with Gasteiger partial charge in [0.2, 0.25) is 23.1 Å². The topological polar surface area (TPSA) is 173 Å². The number of aromatic nitrogens is 3. The largest absolute Gasteiger partial charge is 0.504 e. The van der Waals surface area contributed by atoms with E-state index in [1.54, 1.807) is 49.1 Å². The average Bonchev–Trinajstić information content (AvgIpc) is 3.51. The van der Waals surface area contributed by atoms with E-state index in [1.165, 1.54) is 50.6 Å². The molecule has 3 aromatic carbocycles. The Morgan fingerprint density at radius 3 is 2.19 bits per heavy atom. The van der Waals surface area contributed by atoms with Crippen molar-refractivity contribution in [1.29, 1.82) is 5.41 Å². The molecule has 0 spiro atoms. The molecule has 0 amide bonds. The number of halogens is 2. The molecule has 0 saturated heterocycles. The fraction of sp³-hybridized carbons (Fsp3) is 0.152. The second-order valence-corrected chi connectivity index (χ2v) is 9.90. The summed E-state index contributed by atoms with van der Waals surface area (Å²) in [6, 6.07) is 12.7. The number of amidine groups is 1. The number of nitrogen functional groups attached to an aromatic ring is 1. The number of carbonyl (C=O) groups is 1. The lowest BCUT2D eigenvalue weighted by Crippen LogP contribution is -2.11. The minimum absolute atomic E-state index is 0.0232. The van der Waals surface area contributed by atoms with Crippen molar-refractivity contribution in [3.8, 4) is 63.4 Å². The Morgan fingerprint density at radius 1 is 0.917 bits per heavy atom. The summed E-state index contributed by atoms with van der Waals surface area (Å²) in [5.74, 6) is -7.32. The molecule has 0 aliphatic heterocycles. The molecule has 0 unspecified atom stereocenters. The van der Waals surface area contributed by atoms with Crippen molar-refractivity contribution in [3.05, 3.63) is 89.8 Å². The van der Waals surface area contributed by atoms with Crippen LogP contribution in [0.3, 0.4) is 0 Å². The summed E-state index contributed by atoms with van der Waals surface area (Å²) in [6.45, 7) is 1.72. The molecule has 2 aromatic heterocycles. The summed E-state index contributed by atoms with van der Waals surface area (Å²) in [6.07, 6.45) is 3.35. The van der Waals surface area contributed by atoms with Gasteiger partial charge in [-0.25, -0.2) is 9.78 Å². The number of ether oxygens (including phenoxy) is 6. The van der Waals surface area contributed by atoms with Crippen LogP contribution in [0.2, 0.25) is 0 Å². The number of nitrogens with one attached hydrogen (secondary N) is 1. The van der Waals surface area contributed by atoms with Crippen molar-refractivity contribution in [1.82, 2.24) is 14.5 Å². The van der Waals surface area contributed by atoms with E-state index in [2.05, 4.69) is 9.97 Å². The van der Waals surface area contributed by atoms with Gasteiger partial charge in [0, 0.05) is 30.6 Å². The molecule has 0 fully saturated rings. The number of nitrogens with two attached hydrogens (primary N) is 1. The zero-order valence-corrected chi connectivity index (χ0v) is 26.0. The first-order chi connectivity index (χ1) is 23.0. The Balaban J connectivity index is 1.64. The van der Waals surface area contributed by atoms with Crippen LogP contribution in [0.5, 0.6) is 52.0 Å². The molecule has 4 N–H and O–H groups in total. The number of aryl methyl sites for hydroxylation is 1. The fourth-order valence-electron chi connectivity index (χ4n) is 4.44. The highest BCUT2D eigenvalue weighted by molar-refractivity contribution is 5.95. The van der Waals surface area contributed by atoms with Gasteiger partial charge in [0.15, 0.2) is 23.0 Å². The first kappa shape index (κ1) is 33.0. The molecule has 0 aliphatic rings. The highest BCUT2D eigenvalue weighted by Gasteiger charge is 2.29. The van der Waals surface area contributed by atoms with Crippen molar-refractivity contribution >= 4 is 11.8 Å². The van der Waals surface area contributed by atoms with E-state index in [0.717, 1.165) is 0 Å². The zero-order valence-electron chi connectivity index (χ0n) is 26.0. The number of pyridine rings is 1. The lowest BCUT2D eigenvalue weighted by atomic mass is 10.2. The highest BCUT2D eigenvalue weighted by atomic mass is 19.1. The van der Waals surface area contributed by atoms with E-state index in [-0.39, 0.29) is 52.3 Å². The monoisotopic (exact) mass is 661 g/mol. The summed E-state index contributed by atoms with van der Waals surface area (Å²) in [7, 11) is 4.29. The summed E-state index contributed by atoms with van der Waals surface area (Å²) in [5, 5.41) is 18.1. The van der Waals surface area contributed by atoms with Crippen LogP contribution in [0, 0.1) is 17.0 Å². The molecule has 5 rings (SSSR count). The number of hydrogen-bond donors (Lipinski definition) is 3. The van der Waals surface area contributed by atoms with Gasteiger partial charge in [-0.1, -0.05) is 12.1 Å². The van der Waals surface area contributed by atoms with Crippen molar-refractivity contribution in [2.45, 2.75) is 6.92 Å². The number of phenols is 1. The second kappa shape index (κ2) is 13.9. The van der Waals surface area contributed by atoms with E-state index >= 15 is 8.78 Å². The van der Waals surface area contributed by atoms with Gasteiger partial charge in [0.1, 0.15) is 17.4 Å². The number of rotatable bonds is 12. The molecule has 48 heavy (non-hydrogen) atoms. The van der Waals surface area contributed by atoms with Gasteiger partial charge in [0.25, 0.3) is 11.8 Å². The van der Waals surface area contributed by atoms with Gasteiger partial charge in [-0.3, -0.25) is 5.41 Å².